The van der Waals surface area contributed by atoms with Crippen molar-refractivity contribution in [3.05, 3.63) is 64.7 Å². The molecule has 1 atom stereocenters. The summed E-state index contributed by atoms with van der Waals surface area (Å²) in [7, 11) is 0. The van der Waals surface area contributed by atoms with E-state index in [9.17, 15) is 14.0 Å². The molecule has 2 aliphatic rings. The number of carbonyl (C=O) groups is 2. The van der Waals surface area contributed by atoms with E-state index in [1.165, 1.54) is 17.0 Å². The molecule has 2 aromatic heterocycles. The zero-order valence-corrected chi connectivity index (χ0v) is 22.9. The van der Waals surface area contributed by atoms with Gasteiger partial charge in [-0.25, -0.2) is 0 Å². The van der Waals surface area contributed by atoms with Gasteiger partial charge in [-0.2, -0.15) is 9.90 Å². The van der Waals surface area contributed by atoms with E-state index in [4.69, 9.17) is 2.69 Å². The van der Waals surface area contributed by atoms with Crippen LogP contribution in [0.5, 0.6) is 5.75 Å². The van der Waals surface area contributed by atoms with E-state index in [0.717, 1.165) is 11.1 Å². The predicted octanol–water partition coefficient (Wildman–Crippen LogP) is 2.61. The van der Waals surface area contributed by atoms with Gasteiger partial charge in [0.15, 0.2) is 0 Å². The van der Waals surface area contributed by atoms with Crippen LogP contribution in [-0.2, 0) is 19.0 Å². The summed E-state index contributed by atoms with van der Waals surface area (Å²) in [5, 5.41) is 0. The molecule has 0 spiro atoms. The number of benzene rings is 1. The molecule has 10 heteroatoms. The molecular formula is C20H17FN3O3PSTl-. The molecule has 3 heterocycles. The molecule has 1 aromatic carbocycles. The van der Waals surface area contributed by atoms with Gasteiger partial charge in [0.25, 0.3) is 0 Å². The maximum atomic E-state index is 13.4. The Kier molecular flexibility index (Phi) is 6.24. The fraction of sp³-hybridized carbons (Fsp3) is 0.200. The quantitative estimate of drug-likeness (QED) is 0.145. The molecule has 152 valence electrons. The molecule has 0 radical (unpaired) electrons. The van der Waals surface area contributed by atoms with Crippen LogP contribution in [0.3, 0.4) is 0 Å². The van der Waals surface area contributed by atoms with Crippen molar-refractivity contribution < 1.29 is 16.7 Å². The smallest absolute Gasteiger partial charge is 0.153 e. The van der Waals surface area contributed by atoms with Gasteiger partial charge in [-0.05, 0) is 0 Å². The molecule has 5 rings (SSSR count). The van der Waals surface area contributed by atoms with Crippen LogP contribution in [0.1, 0.15) is 44.8 Å². The summed E-state index contributed by atoms with van der Waals surface area (Å²) in [4.78, 5) is 36.7. The summed E-state index contributed by atoms with van der Waals surface area (Å²) in [5.41, 5.74) is 2.21. The number of imide groups is 1. The molecule has 1 saturated carbocycles. The van der Waals surface area contributed by atoms with Crippen molar-refractivity contribution in [2.45, 2.75) is 25.3 Å². The summed E-state index contributed by atoms with van der Waals surface area (Å²) in [6.07, 6.45) is 2.91. The maximum absolute atomic E-state index is 13.4. The number of halogens is 1. The third-order valence-corrected chi connectivity index (χ3v) is 6.42. The van der Waals surface area contributed by atoms with Gasteiger partial charge in [0.05, 0.1) is 0 Å². The van der Waals surface area contributed by atoms with Gasteiger partial charge in [-0.15, -0.1) is 0 Å². The summed E-state index contributed by atoms with van der Waals surface area (Å²) in [6.45, 7) is 1.88. The predicted molar refractivity (Wildman–Crippen MR) is 118 cm³/mol. The number of rotatable bonds is 3. The van der Waals surface area contributed by atoms with Crippen LogP contribution in [0.2, 0.25) is 0 Å². The number of hydrogen-bond acceptors (Lipinski definition) is 6. The van der Waals surface area contributed by atoms with Crippen molar-refractivity contribution >= 4 is 72.5 Å². The van der Waals surface area contributed by atoms with Crippen LogP contribution < -0.4 is 2.69 Å². The van der Waals surface area contributed by atoms with Crippen LogP contribution in [0.4, 0.5) is 4.39 Å². The zero-order chi connectivity index (χ0) is 19.6. The second-order valence-electron chi connectivity index (χ2n) is 7.09. The first-order valence-electron chi connectivity index (χ1n) is 8.79. The minimum atomic E-state index is -0.748. The van der Waals surface area contributed by atoms with Crippen molar-refractivity contribution in [2.24, 2.45) is 0 Å². The van der Waals surface area contributed by atoms with Crippen LogP contribution >= 0.6 is 9.90 Å². The summed E-state index contributed by atoms with van der Waals surface area (Å²) in [6, 6.07) is 7.77. The minimum absolute atomic E-state index is 0. The first kappa shape index (κ1) is 23.0. The number of fused-ring (bicyclic) bond motifs is 2. The van der Waals surface area contributed by atoms with Gasteiger partial charge in [-0.1, -0.05) is 0 Å². The fourth-order valence-corrected chi connectivity index (χ4v) is 4.83. The third kappa shape index (κ3) is 3.15. The van der Waals surface area contributed by atoms with E-state index in [1.807, 2.05) is 6.92 Å². The molecule has 0 N–H and O–H groups in total. The van der Waals surface area contributed by atoms with Crippen LogP contribution in [0.25, 0.3) is 11.0 Å². The molecule has 1 aliphatic heterocycles. The number of nitrogens with zero attached hydrogens (tertiary/aromatic N) is 3. The van der Waals surface area contributed by atoms with Gasteiger partial charge < -0.3 is 13.5 Å². The van der Waals surface area contributed by atoms with E-state index in [2.05, 4.69) is 9.97 Å². The minimum Gasteiger partial charge on any atom is -0.813 e. The summed E-state index contributed by atoms with van der Waals surface area (Å²) >= 11 is 0.117. The number of pyridine rings is 2. The Morgan fingerprint density at radius 2 is 1.77 bits per heavy atom. The molecule has 3 aromatic rings. The topological polar surface area (TPSA) is 72.4 Å². The third-order valence-electron chi connectivity index (χ3n) is 5.50. The Hall–Kier alpha value is -1.65. The number of thiol groups is 1. The molecular weight excluding hydrogens is 617 g/mol. The van der Waals surface area contributed by atoms with Crippen molar-refractivity contribution in [3.8, 4) is 5.75 Å². The van der Waals surface area contributed by atoms with Crippen LogP contribution in [-0.4, -0.2) is 52.9 Å². The van der Waals surface area contributed by atoms with Gasteiger partial charge >= 0.3 is 176 Å². The molecule has 1 aliphatic carbocycles. The monoisotopic (exact) mass is 634 g/mol. The standard InChI is InChI=1S/C20H14FN3O3.H3P.H2S.Tl/c1-10-6-9-22-16-14(10)23-15-13(17(16)25)18(26)24(19(15)27)20(7-8-20)11-2-4-12(21)5-3-11;;;/h2-6,9H,7-8H2,1H3,(H,23,25);1H3;1H2;/q;;;+1/p-2. The number of aryl methyl sites for hydroxylation is 1. The molecule has 1 fully saturated rings. The van der Waals surface area contributed by atoms with Crippen molar-refractivity contribution in [1.82, 2.24) is 14.9 Å². The second kappa shape index (κ2) is 8.12. The van der Waals surface area contributed by atoms with E-state index < -0.39 is 17.4 Å². The molecule has 2 amide bonds. The van der Waals surface area contributed by atoms with E-state index in [0.29, 0.717) is 29.6 Å². The molecule has 6 nitrogen and oxygen atoms in total. The summed E-state index contributed by atoms with van der Waals surface area (Å²) in [5.74, 6) is -0.876. The molecule has 1 unspecified atom stereocenters. The van der Waals surface area contributed by atoms with Gasteiger partial charge in [-0.3, -0.25) is 0 Å². The number of hydrogen-bond donors (Lipinski definition) is 0. The average molecular weight is 634 g/mol. The number of amides is 2. The largest absolute Gasteiger partial charge is 0.813 e. The number of aromatic nitrogens is 2. The molecule has 0 bridgehead atoms. The average Bonchev–Trinajstić information content (AvgIpc) is 3.44. The van der Waals surface area contributed by atoms with Gasteiger partial charge in [0, 0.05) is 0 Å². The van der Waals surface area contributed by atoms with E-state index in [-0.39, 0.29) is 66.7 Å². The van der Waals surface area contributed by atoms with Crippen molar-refractivity contribution in [1.29, 1.82) is 0 Å². The normalized spacial score (nSPS) is 16.0. The SMILES string of the molecule is Cc1ccnc2c([O][Tl])c3c(nc12)C(=O)N(C1(c2ccc(F)cc2)CC1)C3=O.P.[SH-]. The Morgan fingerprint density at radius 3 is 2.37 bits per heavy atom. The van der Waals surface area contributed by atoms with Crippen molar-refractivity contribution in [2.75, 3.05) is 0 Å². The van der Waals surface area contributed by atoms with Crippen LogP contribution in [0.15, 0.2) is 36.5 Å². The van der Waals surface area contributed by atoms with Gasteiger partial charge in [0.2, 0.25) is 0 Å². The second-order valence-corrected chi connectivity index (χ2v) is 8.01. The van der Waals surface area contributed by atoms with E-state index >= 15 is 0 Å². The van der Waals surface area contributed by atoms with Gasteiger partial charge in [0.1, 0.15) is 0 Å². The fourth-order valence-electron chi connectivity index (χ4n) is 3.94. The Balaban J connectivity index is 0.00000128. The van der Waals surface area contributed by atoms with Crippen molar-refractivity contribution in [3.63, 3.8) is 0 Å². The molecule has 30 heavy (non-hydrogen) atoms. The van der Waals surface area contributed by atoms with Crippen LogP contribution in [0, 0.1) is 12.7 Å². The number of carbonyl (C=O) groups excluding carboxylic acids is 2. The Labute approximate surface area is 199 Å². The first-order valence-corrected chi connectivity index (χ1v) is 10.6. The van der Waals surface area contributed by atoms with E-state index in [1.54, 1.807) is 24.4 Å². The Morgan fingerprint density at radius 1 is 1.10 bits per heavy atom. The summed E-state index contributed by atoms with van der Waals surface area (Å²) < 4.78 is 19.0. The first-order chi connectivity index (χ1) is 13.5. The Bertz CT molecular complexity index is 1190. The molecule has 0 saturated heterocycles. The maximum Gasteiger partial charge on any atom is -0.153 e. The zero-order valence-electron chi connectivity index (χ0n) is 16.1.